The Bertz CT molecular complexity index is 563. The second-order valence-electron chi connectivity index (χ2n) is 4.97. The molecule has 2 aromatic rings. The van der Waals surface area contributed by atoms with Crippen molar-refractivity contribution in [1.29, 1.82) is 0 Å². The van der Waals surface area contributed by atoms with Gasteiger partial charge >= 0.3 is 0 Å². The Balaban J connectivity index is 2.07. The molecule has 0 unspecified atom stereocenters. The second kappa shape index (κ2) is 7.84. The van der Waals surface area contributed by atoms with Crippen molar-refractivity contribution in [2.24, 2.45) is 0 Å². The van der Waals surface area contributed by atoms with Crippen LogP contribution in [0.2, 0.25) is 0 Å². The highest BCUT2D eigenvalue weighted by Gasteiger charge is 2.08. The van der Waals surface area contributed by atoms with E-state index in [4.69, 9.17) is 4.74 Å². The first kappa shape index (κ1) is 15.6. The van der Waals surface area contributed by atoms with Gasteiger partial charge in [-0.05, 0) is 32.0 Å². The van der Waals surface area contributed by atoms with Crippen LogP contribution in [0.3, 0.4) is 0 Å². The summed E-state index contributed by atoms with van der Waals surface area (Å²) in [4.78, 5) is 0. The molecule has 4 nitrogen and oxygen atoms in total. The average molecular weight is 287 g/mol. The third-order valence-electron chi connectivity index (χ3n) is 3.49. The van der Waals surface area contributed by atoms with E-state index in [1.54, 1.807) is 0 Å². The highest BCUT2D eigenvalue weighted by molar-refractivity contribution is 5.33. The molecule has 1 N–H and O–H groups in total. The van der Waals surface area contributed by atoms with Gasteiger partial charge in [0.05, 0.1) is 11.4 Å². The standard InChI is InChI=1S/C17H25N3O/c1-4-15-11-16(20(6-3)19-15)13-21-17-10-8-7-9-14(17)12-18-5-2/h7-11,18H,4-6,12-13H2,1-3H3. The topological polar surface area (TPSA) is 39.1 Å². The van der Waals surface area contributed by atoms with Gasteiger partial charge in [-0.3, -0.25) is 4.68 Å². The van der Waals surface area contributed by atoms with Crippen molar-refractivity contribution in [1.82, 2.24) is 15.1 Å². The smallest absolute Gasteiger partial charge is 0.130 e. The Kier molecular flexibility index (Phi) is 5.81. The van der Waals surface area contributed by atoms with E-state index >= 15 is 0 Å². The van der Waals surface area contributed by atoms with E-state index in [-0.39, 0.29) is 0 Å². The molecule has 1 heterocycles. The molecule has 0 aliphatic heterocycles. The third kappa shape index (κ3) is 4.08. The number of nitrogens with one attached hydrogen (secondary N) is 1. The number of para-hydroxylation sites is 1. The summed E-state index contributed by atoms with van der Waals surface area (Å²) in [5.41, 5.74) is 3.45. The fraction of sp³-hybridized carbons (Fsp3) is 0.471. The van der Waals surface area contributed by atoms with Crippen molar-refractivity contribution in [3.8, 4) is 5.75 Å². The van der Waals surface area contributed by atoms with Crippen molar-refractivity contribution in [3.63, 3.8) is 0 Å². The van der Waals surface area contributed by atoms with Crippen LogP contribution in [-0.4, -0.2) is 16.3 Å². The molecule has 0 amide bonds. The summed E-state index contributed by atoms with van der Waals surface area (Å²) in [7, 11) is 0. The molecule has 0 radical (unpaired) electrons. The number of aryl methyl sites for hydroxylation is 2. The SMILES string of the molecule is CCNCc1ccccc1OCc1cc(CC)nn1CC. The summed E-state index contributed by atoms with van der Waals surface area (Å²) >= 11 is 0. The lowest BCUT2D eigenvalue weighted by molar-refractivity contribution is 0.289. The van der Waals surface area contributed by atoms with Gasteiger partial charge in [0.25, 0.3) is 0 Å². The van der Waals surface area contributed by atoms with Crippen LogP contribution in [0.5, 0.6) is 5.75 Å². The van der Waals surface area contributed by atoms with Gasteiger partial charge in [-0.1, -0.05) is 32.0 Å². The molecule has 2 rings (SSSR count). The molecule has 1 aromatic carbocycles. The first-order valence-electron chi connectivity index (χ1n) is 7.75. The molecule has 0 atom stereocenters. The zero-order chi connectivity index (χ0) is 15.1. The predicted molar refractivity (Wildman–Crippen MR) is 85.4 cm³/mol. The van der Waals surface area contributed by atoms with Gasteiger partial charge in [0.15, 0.2) is 0 Å². The van der Waals surface area contributed by atoms with Crippen LogP contribution >= 0.6 is 0 Å². The summed E-state index contributed by atoms with van der Waals surface area (Å²) in [6, 6.07) is 10.3. The molecule has 0 bridgehead atoms. The van der Waals surface area contributed by atoms with Crippen LogP contribution in [0.15, 0.2) is 30.3 Å². The van der Waals surface area contributed by atoms with Crippen LogP contribution in [-0.2, 0) is 26.1 Å². The number of benzene rings is 1. The van der Waals surface area contributed by atoms with Crippen LogP contribution in [0.4, 0.5) is 0 Å². The molecule has 1 aromatic heterocycles. The van der Waals surface area contributed by atoms with E-state index < -0.39 is 0 Å². The summed E-state index contributed by atoms with van der Waals surface area (Å²) < 4.78 is 8.04. The molecule has 0 fully saturated rings. The van der Waals surface area contributed by atoms with Gasteiger partial charge in [-0.2, -0.15) is 5.10 Å². The maximum absolute atomic E-state index is 6.02. The first-order chi connectivity index (χ1) is 10.3. The van der Waals surface area contributed by atoms with Gasteiger partial charge in [0, 0.05) is 18.7 Å². The van der Waals surface area contributed by atoms with Crippen molar-refractivity contribution in [2.75, 3.05) is 6.54 Å². The van der Waals surface area contributed by atoms with Crippen molar-refractivity contribution < 1.29 is 4.74 Å². The van der Waals surface area contributed by atoms with Crippen LogP contribution in [0.25, 0.3) is 0 Å². The number of hydrogen-bond acceptors (Lipinski definition) is 3. The first-order valence-corrected chi connectivity index (χ1v) is 7.75. The molecular weight excluding hydrogens is 262 g/mol. The quantitative estimate of drug-likeness (QED) is 0.810. The normalized spacial score (nSPS) is 10.8. The van der Waals surface area contributed by atoms with Gasteiger partial charge in [0.1, 0.15) is 12.4 Å². The van der Waals surface area contributed by atoms with Crippen molar-refractivity contribution in [2.45, 2.75) is 46.9 Å². The van der Waals surface area contributed by atoms with Gasteiger partial charge in [0.2, 0.25) is 0 Å². The number of rotatable bonds is 8. The molecule has 0 saturated carbocycles. The van der Waals surface area contributed by atoms with Gasteiger partial charge in [-0.15, -0.1) is 0 Å². The molecule has 21 heavy (non-hydrogen) atoms. The van der Waals surface area contributed by atoms with Crippen LogP contribution in [0.1, 0.15) is 37.7 Å². The zero-order valence-electron chi connectivity index (χ0n) is 13.2. The fourth-order valence-corrected chi connectivity index (χ4v) is 2.28. The number of ether oxygens (including phenoxy) is 1. The Morgan fingerprint density at radius 2 is 2.00 bits per heavy atom. The minimum atomic E-state index is 0.560. The fourth-order valence-electron chi connectivity index (χ4n) is 2.28. The Morgan fingerprint density at radius 1 is 1.19 bits per heavy atom. The number of hydrogen-bond donors (Lipinski definition) is 1. The predicted octanol–water partition coefficient (Wildman–Crippen LogP) is 3.15. The molecule has 0 aliphatic rings. The maximum atomic E-state index is 6.02. The second-order valence-corrected chi connectivity index (χ2v) is 4.97. The Morgan fingerprint density at radius 3 is 2.71 bits per heavy atom. The summed E-state index contributed by atoms with van der Waals surface area (Å²) in [6.45, 7) is 9.56. The van der Waals surface area contributed by atoms with E-state index in [9.17, 15) is 0 Å². The molecular formula is C17H25N3O. The van der Waals surface area contributed by atoms with E-state index in [2.05, 4.69) is 43.3 Å². The minimum absolute atomic E-state index is 0.560. The van der Waals surface area contributed by atoms with Crippen molar-refractivity contribution in [3.05, 3.63) is 47.3 Å². The average Bonchev–Trinajstić information content (AvgIpc) is 2.94. The van der Waals surface area contributed by atoms with Crippen molar-refractivity contribution >= 4 is 0 Å². The number of aromatic nitrogens is 2. The van der Waals surface area contributed by atoms with E-state index in [1.807, 2.05) is 22.9 Å². The van der Waals surface area contributed by atoms with Crippen LogP contribution < -0.4 is 10.1 Å². The third-order valence-corrected chi connectivity index (χ3v) is 3.49. The van der Waals surface area contributed by atoms with Gasteiger partial charge < -0.3 is 10.1 Å². The van der Waals surface area contributed by atoms with E-state index in [0.717, 1.165) is 43.2 Å². The largest absolute Gasteiger partial charge is 0.487 e. The molecule has 0 aliphatic carbocycles. The monoisotopic (exact) mass is 287 g/mol. The summed E-state index contributed by atoms with van der Waals surface area (Å²) in [5.74, 6) is 0.945. The highest BCUT2D eigenvalue weighted by Crippen LogP contribution is 2.19. The van der Waals surface area contributed by atoms with E-state index in [0.29, 0.717) is 6.61 Å². The lowest BCUT2D eigenvalue weighted by Gasteiger charge is -2.12. The number of nitrogens with zero attached hydrogens (tertiary/aromatic N) is 2. The zero-order valence-corrected chi connectivity index (χ0v) is 13.2. The maximum Gasteiger partial charge on any atom is 0.130 e. The lowest BCUT2D eigenvalue weighted by Crippen LogP contribution is -2.13. The summed E-state index contributed by atoms with van der Waals surface area (Å²) in [6.07, 6.45) is 0.955. The van der Waals surface area contributed by atoms with E-state index in [1.165, 1.54) is 5.56 Å². The lowest BCUT2D eigenvalue weighted by atomic mass is 10.2. The van der Waals surface area contributed by atoms with Crippen LogP contribution in [0, 0.1) is 0 Å². The minimum Gasteiger partial charge on any atom is -0.487 e. The molecule has 0 spiro atoms. The molecule has 4 heteroatoms. The molecule has 0 saturated heterocycles. The van der Waals surface area contributed by atoms with Gasteiger partial charge in [-0.25, -0.2) is 0 Å². The Labute approximate surface area is 127 Å². The Hall–Kier alpha value is -1.81. The highest BCUT2D eigenvalue weighted by atomic mass is 16.5. The summed E-state index contributed by atoms with van der Waals surface area (Å²) in [5, 5.41) is 7.90. The molecule has 114 valence electrons.